The fourth-order valence-corrected chi connectivity index (χ4v) is 2.79. The lowest BCUT2D eigenvalue weighted by atomic mass is 9.85. The number of pyridine rings is 1. The Morgan fingerprint density at radius 1 is 1.50 bits per heavy atom. The van der Waals surface area contributed by atoms with E-state index in [1.807, 2.05) is 22.7 Å². The van der Waals surface area contributed by atoms with Crippen LogP contribution in [-0.4, -0.2) is 15.7 Å². The van der Waals surface area contributed by atoms with Gasteiger partial charge in [-0.05, 0) is 40.9 Å². The van der Waals surface area contributed by atoms with Gasteiger partial charge in [0.1, 0.15) is 10.4 Å². The van der Waals surface area contributed by atoms with Gasteiger partial charge in [-0.25, -0.2) is 4.98 Å². The van der Waals surface area contributed by atoms with Gasteiger partial charge in [-0.1, -0.05) is 6.42 Å². The van der Waals surface area contributed by atoms with Gasteiger partial charge >= 0.3 is 0 Å². The number of aromatic nitrogens is 2. The molecule has 1 fully saturated rings. The van der Waals surface area contributed by atoms with Crippen LogP contribution in [0.15, 0.2) is 22.9 Å². The van der Waals surface area contributed by atoms with E-state index in [2.05, 4.69) is 20.9 Å². The molecule has 82 valence electrons. The second-order valence-corrected chi connectivity index (χ2v) is 4.94. The second kappa shape index (κ2) is 3.70. The summed E-state index contributed by atoms with van der Waals surface area (Å²) < 4.78 is 2.81. The molecule has 0 N–H and O–H groups in total. The van der Waals surface area contributed by atoms with E-state index in [0.29, 0.717) is 11.5 Å². The van der Waals surface area contributed by atoms with Crippen LogP contribution in [0.25, 0.3) is 5.52 Å². The van der Waals surface area contributed by atoms with Crippen LogP contribution in [0.3, 0.4) is 0 Å². The third-order valence-corrected chi connectivity index (χ3v) is 3.83. The molecule has 4 heteroatoms. The Labute approximate surface area is 102 Å². The van der Waals surface area contributed by atoms with E-state index in [9.17, 15) is 4.79 Å². The zero-order chi connectivity index (χ0) is 11.1. The van der Waals surface area contributed by atoms with Crippen molar-refractivity contribution in [3.8, 4) is 0 Å². The summed E-state index contributed by atoms with van der Waals surface area (Å²) in [6, 6.07) is 3.71. The quantitative estimate of drug-likeness (QED) is 0.791. The Morgan fingerprint density at radius 2 is 2.31 bits per heavy atom. The Hall–Kier alpha value is -1.16. The Morgan fingerprint density at radius 3 is 2.94 bits per heavy atom. The normalized spacial score (nSPS) is 16.3. The highest BCUT2D eigenvalue weighted by Gasteiger charge is 2.25. The number of imidazole rings is 1. The molecule has 0 aromatic carbocycles. The molecule has 2 heterocycles. The number of aldehydes is 1. The zero-order valence-corrected chi connectivity index (χ0v) is 10.3. The highest BCUT2D eigenvalue weighted by Crippen LogP contribution is 2.37. The van der Waals surface area contributed by atoms with E-state index < -0.39 is 0 Å². The predicted octanol–water partition coefficient (Wildman–Crippen LogP) is 3.18. The number of carbonyl (C=O) groups is 1. The fraction of sp³-hybridized carbons (Fsp3) is 0.333. The molecule has 2 aromatic rings. The van der Waals surface area contributed by atoms with Crippen molar-refractivity contribution < 1.29 is 4.79 Å². The Kier molecular flexibility index (Phi) is 2.32. The van der Waals surface area contributed by atoms with Gasteiger partial charge in [-0.2, -0.15) is 0 Å². The maximum atomic E-state index is 11.0. The van der Waals surface area contributed by atoms with Crippen molar-refractivity contribution in [2.45, 2.75) is 25.2 Å². The second-order valence-electron chi connectivity index (χ2n) is 4.19. The summed E-state index contributed by atoms with van der Waals surface area (Å²) in [5.74, 6) is 1.64. The van der Waals surface area contributed by atoms with Crippen LogP contribution in [0.4, 0.5) is 0 Å². The van der Waals surface area contributed by atoms with Gasteiger partial charge < -0.3 is 4.40 Å². The monoisotopic (exact) mass is 278 g/mol. The number of nitrogens with zero attached hydrogens (tertiary/aromatic N) is 2. The van der Waals surface area contributed by atoms with E-state index in [0.717, 1.165) is 22.2 Å². The van der Waals surface area contributed by atoms with Gasteiger partial charge in [0.2, 0.25) is 0 Å². The molecule has 0 amide bonds. The zero-order valence-electron chi connectivity index (χ0n) is 8.69. The van der Waals surface area contributed by atoms with E-state index in [-0.39, 0.29) is 0 Å². The molecule has 1 saturated carbocycles. The first-order valence-electron chi connectivity index (χ1n) is 5.43. The smallest absolute Gasteiger partial charge is 0.152 e. The number of carbonyl (C=O) groups excluding carboxylic acids is 1. The topological polar surface area (TPSA) is 34.4 Å². The SMILES string of the molecule is O=Cc1cccn2c(C3CCC3)nc(Br)c12. The van der Waals surface area contributed by atoms with Gasteiger partial charge in [0, 0.05) is 17.7 Å². The first-order chi connectivity index (χ1) is 7.81. The summed E-state index contributed by atoms with van der Waals surface area (Å²) in [6.07, 6.45) is 6.55. The Bertz CT molecular complexity index is 557. The van der Waals surface area contributed by atoms with Gasteiger partial charge in [-0.15, -0.1) is 0 Å². The first-order valence-corrected chi connectivity index (χ1v) is 6.22. The lowest BCUT2D eigenvalue weighted by Gasteiger charge is -2.23. The van der Waals surface area contributed by atoms with Crippen LogP contribution in [0.2, 0.25) is 0 Å². The molecular formula is C12H11BrN2O. The van der Waals surface area contributed by atoms with Crippen molar-refractivity contribution in [3.05, 3.63) is 34.3 Å². The van der Waals surface area contributed by atoms with Crippen molar-refractivity contribution in [2.24, 2.45) is 0 Å². The number of halogens is 1. The first kappa shape index (κ1) is 10.0. The Balaban J connectivity index is 2.28. The maximum absolute atomic E-state index is 11.0. The van der Waals surface area contributed by atoms with Gasteiger partial charge in [0.05, 0.1) is 5.52 Å². The molecule has 1 aliphatic carbocycles. The minimum Gasteiger partial charge on any atom is -0.302 e. The van der Waals surface area contributed by atoms with Crippen molar-refractivity contribution in [3.63, 3.8) is 0 Å². The van der Waals surface area contributed by atoms with Gasteiger partial charge in [0.25, 0.3) is 0 Å². The molecule has 0 atom stereocenters. The number of fused-ring (bicyclic) bond motifs is 1. The molecule has 2 aromatic heterocycles. The van der Waals surface area contributed by atoms with Crippen LogP contribution in [-0.2, 0) is 0 Å². The highest BCUT2D eigenvalue weighted by molar-refractivity contribution is 9.10. The standard InChI is InChI=1S/C12H11BrN2O/c13-11-10-9(7-16)5-2-6-15(10)12(14-11)8-3-1-4-8/h2,5-8H,1,3-4H2. The molecule has 3 rings (SSSR count). The van der Waals surface area contributed by atoms with E-state index in [1.54, 1.807) is 0 Å². The molecule has 0 aliphatic heterocycles. The van der Waals surface area contributed by atoms with E-state index in [1.165, 1.54) is 19.3 Å². The van der Waals surface area contributed by atoms with E-state index in [4.69, 9.17) is 0 Å². The summed E-state index contributed by atoms with van der Waals surface area (Å²) >= 11 is 3.44. The number of rotatable bonds is 2. The third kappa shape index (κ3) is 1.33. The molecule has 1 aliphatic rings. The number of hydrogen-bond donors (Lipinski definition) is 0. The van der Waals surface area contributed by atoms with Crippen molar-refractivity contribution in [1.29, 1.82) is 0 Å². The maximum Gasteiger partial charge on any atom is 0.152 e. The molecule has 3 nitrogen and oxygen atoms in total. The van der Waals surface area contributed by atoms with Crippen molar-refractivity contribution in [2.75, 3.05) is 0 Å². The van der Waals surface area contributed by atoms with Crippen LogP contribution in [0.5, 0.6) is 0 Å². The van der Waals surface area contributed by atoms with Crippen LogP contribution < -0.4 is 0 Å². The van der Waals surface area contributed by atoms with Crippen LogP contribution >= 0.6 is 15.9 Å². The van der Waals surface area contributed by atoms with E-state index >= 15 is 0 Å². The molecule has 0 spiro atoms. The van der Waals surface area contributed by atoms with Crippen LogP contribution in [0.1, 0.15) is 41.4 Å². The molecule has 0 saturated heterocycles. The van der Waals surface area contributed by atoms with Crippen LogP contribution in [0, 0.1) is 0 Å². The molecule has 0 radical (unpaired) electrons. The summed E-state index contributed by atoms with van der Waals surface area (Å²) in [7, 11) is 0. The minimum absolute atomic E-state index is 0.556. The number of hydrogen-bond acceptors (Lipinski definition) is 2. The van der Waals surface area contributed by atoms with Gasteiger partial charge in [-0.3, -0.25) is 4.79 Å². The molecule has 16 heavy (non-hydrogen) atoms. The largest absolute Gasteiger partial charge is 0.302 e. The summed E-state index contributed by atoms with van der Waals surface area (Å²) in [4.78, 5) is 15.5. The molecular weight excluding hydrogens is 268 g/mol. The summed E-state index contributed by atoms with van der Waals surface area (Å²) in [5.41, 5.74) is 1.58. The lowest BCUT2D eigenvalue weighted by Crippen LogP contribution is -2.12. The fourth-order valence-electron chi connectivity index (χ4n) is 2.19. The summed E-state index contributed by atoms with van der Waals surface area (Å²) in [6.45, 7) is 0. The lowest BCUT2D eigenvalue weighted by molar-refractivity contribution is 0.112. The molecule has 0 bridgehead atoms. The third-order valence-electron chi connectivity index (χ3n) is 3.28. The molecule has 0 unspecified atom stereocenters. The van der Waals surface area contributed by atoms with Crippen molar-refractivity contribution in [1.82, 2.24) is 9.38 Å². The highest BCUT2D eigenvalue weighted by atomic mass is 79.9. The minimum atomic E-state index is 0.556. The van der Waals surface area contributed by atoms with Gasteiger partial charge in [0.15, 0.2) is 6.29 Å². The average Bonchev–Trinajstić information content (AvgIpc) is 2.54. The average molecular weight is 279 g/mol. The van der Waals surface area contributed by atoms with Crippen molar-refractivity contribution >= 4 is 27.7 Å². The predicted molar refractivity (Wildman–Crippen MR) is 64.9 cm³/mol. The summed E-state index contributed by atoms with van der Waals surface area (Å²) in [5, 5.41) is 0.